The molecule has 0 aliphatic carbocycles. The van der Waals surface area contributed by atoms with E-state index in [2.05, 4.69) is 33.9 Å². The van der Waals surface area contributed by atoms with Gasteiger partial charge in [-0.05, 0) is 38.3 Å². The quantitative estimate of drug-likeness (QED) is 0.911. The van der Waals surface area contributed by atoms with Gasteiger partial charge in [0.25, 0.3) is 0 Å². The van der Waals surface area contributed by atoms with Crippen molar-refractivity contribution in [3.8, 4) is 0 Å². The molecule has 2 aromatic heterocycles. The van der Waals surface area contributed by atoms with Gasteiger partial charge >= 0.3 is 0 Å². The Kier molecular flexibility index (Phi) is 4.28. The minimum atomic E-state index is -0.264. The third kappa shape index (κ3) is 3.11. The Morgan fingerprint density at radius 1 is 1.33 bits per heavy atom. The first-order valence-corrected chi connectivity index (χ1v) is 8.66. The number of fused-ring (bicyclic) bond motifs is 1. The van der Waals surface area contributed by atoms with E-state index < -0.39 is 0 Å². The van der Waals surface area contributed by atoms with E-state index in [1.807, 2.05) is 6.07 Å². The van der Waals surface area contributed by atoms with Crippen molar-refractivity contribution >= 4 is 34.5 Å². The Balaban J connectivity index is 1.77. The predicted octanol–water partition coefficient (Wildman–Crippen LogP) is 4.01. The summed E-state index contributed by atoms with van der Waals surface area (Å²) in [5, 5.41) is 12.3. The summed E-state index contributed by atoms with van der Waals surface area (Å²) in [5.41, 5.74) is 0.762. The third-order valence-corrected chi connectivity index (χ3v) is 5.44. The Bertz CT molecular complexity index is 647. The first kappa shape index (κ1) is 15.3. The number of aryl methyl sites for hydroxylation is 1. The lowest BCUT2D eigenvalue weighted by atomic mass is 10.0. The van der Waals surface area contributed by atoms with Crippen molar-refractivity contribution in [2.24, 2.45) is 0 Å². The maximum atomic E-state index is 6.18. The number of aromatic nitrogens is 3. The van der Waals surface area contributed by atoms with Gasteiger partial charge in [-0.25, -0.2) is 0 Å². The van der Waals surface area contributed by atoms with Crippen molar-refractivity contribution < 1.29 is 0 Å². The second kappa shape index (κ2) is 5.88. The van der Waals surface area contributed by atoms with Crippen LogP contribution in [0.3, 0.4) is 0 Å². The van der Waals surface area contributed by atoms with Crippen LogP contribution in [0.2, 0.25) is 8.67 Å². The fourth-order valence-electron chi connectivity index (χ4n) is 2.66. The molecule has 0 saturated heterocycles. The molecule has 0 amide bonds. The van der Waals surface area contributed by atoms with Gasteiger partial charge in [-0.3, -0.25) is 0 Å². The molecule has 0 saturated carbocycles. The van der Waals surface area contributed by atoms with E-state index >= 15 is 0 Å². The summed E-state index contributed by atoms with van der Waals surface area (Å²) >= 11 is 13.6. The molecule has 0 atom stereocenters. The van der Waals surface area contributed by atoms with Gasteiger partial charge in [0.15, 0.2) is 5.82 Å². The van der Waals surface area contributed by atoms with Gasteiger partial charge in [0.2, 0.25) is 0 Å². The van der Waals surface area contributed by atoms with E-state index in [0.717, 1.165) is 38.9 Å². The average Bonchev–Trinajstić information content (AvgIpc) is 3.00. The Hall–Kier alpha value is -0.620. The van der Waals surface area contributed by atoms with Gasteiger partial charge in [-0.2, -0.15) is 0 Å². The third-order valence-electron chi connectivity index (χ3n) is 3.87. The molecule has 0 unspecified atom stereocenters. The Labute approximate surface area is 138 Å². The normalized spacial score (nSPS) is 15.2. The molecule has 2 aromatic rings. The summed E-state index contributed by atoms with van der Waals surface area (Å²) < 4.78 is 3.71. The summed E-state index contributed by atoms with van der Waals surface area (Å²) in [5.74, 6) is 2.09. The van der Waals surface area contributed by atoms with E-state index in [1.54, 1.807) is 0 Å². The van der Waals surface area contributed by atoms with Crippen LogP contribution >= 0.6 is 34.5 Å². The number of rotatable bonds is 4. The second-order valence-electron chi connectivity index (χ2n) is 5.88. The van der Waals surface area contributed by atoms with Gasteiger partial charge in [0.05, 0.1) is 14.2 Å². The fourth-order valence-corrected chi connectivity index (χ4v) is 4.15. The number of hydrogen-bond acceptors (Lipinski definition) is 4. The number of halogens is 2. The molecule has 1 aliphatic heterocycles. The SMILES string of the molecule is CC(C)(NCc1cc(Cl)sc1Cl)c1nnc2n1CCCC2. The van der Waals surface area contributed by atoms with E-state index in [1.165, 1.54) is 24.2 Å². The molecular weight excluding hydrogens is 327 g/mol. The fraction of sp³-hybridized carbons (Fsp3) is 0.571. The lowest BCUT2D eigenvalue weighted by Crippen LogP contribution is -2.39. The largest absolute Gasteiger partial charge is 0.313 e. The van der Waals surface area contributed by atoms with Crippen LogP contribution in [0.25, 0.3) is 0 Å². The molecule has 1 aliphatic rings. The van der Waals surface area contributed by atoms with Gasteiger partial charge < -0.3 is 9.88 Å². The summed E-state index contributed by atoms with van der Waals surface area (Å²) in [6.45, 7) is 5.92. The van der Waals surface area contributed by atoms with Gasteiger partial charge in [-0.15, -0.1) is 21.5 Å². The molecule has 0 fully saturated rings. The van der Waals surface area contributed by atoms with Crippen LogP contribution in [0, 0.1) is 0 Å². The summed E-state index contributed by atoms with van der Waals surface area (Å²) in [6, 6.07) is 1.91. The first-order valence-electron chi connectivity index (χ1n) is 7.08. The highest BCUT2D eigenvalue weighted by atomic mass is 35.5. The van der Waals surface area contributed by atoms with Crippen LogP contribution in [0.1, 0.15) is 43.9 Å². The molecule has 4 nitrogen and oxygen atoms in total. The summed E-state index contributed by atoms with van der Waals surface area (Å²) in [6.07, 6.45) is 3.42. The van der Waals surface area contributed by atoms with Crippen molar-refractivity contribution in [1.29, 1.82) is 0 Å². The van der Waals surface area contributed by atoms with Crippen LogP contribution in [0.15, 0.2) is 6.07 Å². The van der Waals surface area contributed by atoms with Crippen molar-refractivity contribution in [2.75, 3.05) is 0 Å². The van der Waals surface area contributed by atoms with Crippen molar-refractivity contribution in [1.82, 2.24) is 20.1 Å². The number of nitrogens with zero attached hydrogens (tertiary/aromatic N) is 3. The zero-order chi connectivity index (χ0) is 15.0. The van der Waals surface area contributed by atoms with Crippen LogP contribution in [0.4, 0.5) is 0 Å². The van der Waals surface area contributed by atoms with Crippen LogP contribution in [-0.4, -0.2) is 14.8 Å². The maximum Gasteiger partial charge on any atom is 0.152 e. The zero-order valence-electron chi connectivity index (χ0n) is 12.1. The van der Waals surface area contributed by atoms with Gasteiger partial charge in [0.1, 0.15) is 5.82 Å². The molecule has 1 N–H and O–H groups in total. The van der Waals surface area contributed by atoms with Crippen molar-refractivity contribution in [3.63, 3.8) is 0 Å². The highest BCUT2D eigenvalue weighted by Crippen LogP contribution is 2.32. The molecule has 21 heavy (non-hydrogen) atoms. The lowest BCUT2D eigenvalue weighted by Gasteiger charge is -2.27. The van der Waals surface area contributed by atoms with E-state index in [0.29, 0.717) is 6.54 Å². The number of thiophene rings is 1. The smallest absolute Gasteiger partial charge is 0.152 e. The average molecular weight is 345 g/mol. The predicted molar refractivity (Wildman–Crippen MR) is 87.2 cm³/mol. The molecule has 3 heterocycles. The molecule has 7 heteroatoms. The van der Waals surface area contributed by atoms with Gasteiger partial charge in [0, 0.05) is 19.5 Å². The minimum absolute atomic E-state index is 0.264. The molecule has 0 spiro atoms. The summed E-state index contributed by atoms with van der Waals surface area (Å²) in [7, 11) is 0. The first-order chi connectivity index (χ1) is 9.97. The topological polar surface area (TPSA) is 42.7 Å². The van der Waals surface area contributed by atoms with E-state index in [-0.39, 0.29) is 5.54 Å². The molecule has 114 valence electrons. The van der Waals surface area contributed by atoms with E-state index in [9.17, 15) is 0 Å². The maximum absolute atomic E-state index is 6.18. The van der Waals surface area contributed by atoms with Crippen molar-refractivity contribution in [2.45, 2.75) is 51.7 Å². The molecule has 3 rings (SSSR count). The van der Waals surface area contributed by atoms with Crippen LogP contribution in [-0.2, 0) is 25.0 Å². The lowest BCUT2D eigenvalue weighted by molar-refractivity contribution is 0.351. The highest BCUT2D eigenvalue weighted by molar-refractivity contribution is 7.20. The minimum Gasteiger partial charge on any atom is -0.313 e. The van der Waals surface area contributed by atoms with Crippen LogP contribution in [0.5, 0.6) is 0 Å². The Morgan fingerprint density at radius 2 is 2.14 bits per heavy atom. The zero-order valence-corrected chi connectivity index (χ0v) is 14.4. The molecule has 0 bridgehead atoms. The van der Waals surface area contributed by atoms with Crippen molar-refractivity contribution in [3.05, 3.63) is 32.0 Å². The number of hydrogen-bond donors (Lipinski definition) is 1. The monoisotopic (exact) mass is 344 g/mol. The standard InChI is InChI=1S/C14H18Cl2N4S/c1-14(2,17-8-9-7-10(15)21-12(9)16)13-19-18-11-5-3-4-6-20(11)13/h7,17H,3-6,8H2,1-2H3. The van der Waals surface area contributed by atoms with E-state index in [4.69, 9.17) is 23.2 Å². The van der Waals surface area contributed by atoms with Gasteiger partial charge in [-0.1, -0.05) is 23.2 Å². The molecule has 0 aromatic carbocycles. The number of nitrogens with one attached hydrogen (secondary N) is 1. The summed E-state index contributed by atoms with van der Waals surface area (Å²) in [4.78, 5) is 0. The molecule has 0 radical (unpaired) electrons. The second-order valence-corrected chi connectivity index (χ2v) is 8.16. The molecular formula is C14H18Cl2N4S. The van der Waals surface area contributed by atoms with Crippen LogP contribution < -0.4 is 5.32 Å². The Morgan fingerprint density at radius 3 is 2.86 bits per heavy atom. The highest BCUT2D eigenvalue weighted by Gasteiger charge is 2.29.